The van der Waals surface area contributed by atoms with E-state index >= 15 is 0 Å². The van der Waals surface area contributed by atoms with Crippen LogP contribution in [0.2, 0.25) is 0 Å². The van der Waals surface area contributed by atoms with E-state index < -0.39 is 0 Å². The standard InChI is InChI=1S/C13H17BrClNO/c1-13(2,8-15)16-7-10-6-11(14)5-9-3-4-17-12(9)10/h5-6,16H,3-4,7-8H2,1-2H3. The fraction of sp³-hybridized carbons (Fsp3) is 0.538. The Morgan fingerprint density at radius 1 is 1.47 bits per heavy atom. The molecule has 0 amide bonds. The molecule has 2 rings (SSSR count). The molecule has 0 aromatic heterocycles. The van der Waals surface area contributed by atoms with E-state index in [0.717, 1.165) is 29.8 Å². The van der Waals surface area contributed by atoms with Crippen LogP contribution >= 0.6 is 27.5 Å². The molecule has 0 saturated heterocycles. The third-order valence-electron chi connectivity index (χ3n) is 2.92. The summed E-state index contributed by atoms with van der Waals surface area (Å²) >= 11 is 9.45. The molecule has 0 unspecified atom stereocenters. The summed E-state index contributed by atoms with van der Waals surface area (Å²) in [6, 6.07) is 4.25. The second kappa shape index (κ2) is 5.17. The molecule has 0 radical (unpaired) electrons. The molecular weight excluding hydrogens is 302 g/mol. The average molecular weight is 319 g/mol. The van der Waals surface area contributed by atoms with Gasteiger partial charge in [-0.05, 0) is 31.5 Å². The maximum Gasteiger partial charge on any atom is 0.127 e. The van der Waals surface area contributed by atoms with E-state index in [4.69, 9.17) is 16.3 Å². The van der Waals surface area contributed by atoms with E-state index in [1.165, 1.54) is 11.1 Å². The Balaban J connectivity index is 2.16. The highest BCUT2D eigenvalue weighted by Gasteiger charge is 2.20. The van der Waals surface area contributed by atoms with Gasteiger partial charge in [0.15, 0.2) is 0 Å². The molecule has 0 spiro atoms. The highest BCUT2D eigenvalue weighted by molar-refractivity contribution is 9.10. The quantitative estimate of drug-likeness (QED) is 0.858. The van der Waals surface area contributed by atoms with E-state index in [1.807, 2.05) is 0 Å². The van der Waals surface area contributed by atoms with Gasteiger partial charge in [-0.25, -0.2) is 0 Å². The van der Waals surface area contributed by atoms with Crippen LogP contribution in [0.3, 0.4) is 0 Å². The minimum atomic E-state index is -0.0602. The summed E-state index contributed by atoms with van der Waals surface area (Å²) in [7, 11) is 0. The Bertz CT molecular complexity index is 420. The van der Waals surface area contributed by atoms with Gasteiger partial charge in [0, 0.05) is 34.4 Å². The predicted octanol–water partition coefficient (Wildman–Crippen LogP) is 3.49. The molecule has 0 aliphatic carbocycles. The van der Waals surface area contributed by atoms with Gasteiger partial charge >= 0.3 is 0 Å². The van der Waals surface area contributed by atoms with Crippen molar-refractivity contribution in [3.8, 4) is 5.75 Å². The highest BCUT2D eigenvalue weighted by atomic mass is 79.9. The molecule has 0 bridgehead atoms. The van der Waals surface area contributed by atoms with Crippen molar-refractivity contribution in [1.29, 1.82) is 0 Å². The van der Waals surface area contributed by atoms with Crippen LogP contribution in [-0.4, -0.2) is 18.0 Å². The van der Waals surface area contributed by atoms with Crippen molar-refractivity contribution in [2.24, 2.45) is 0 Å². The van der Waals surface area contributed by atoms with Gasteiger partial charge < -0.3 is 10.1 Å². The van der Waals surface area contributed by atoms with Gasteiger partial charge in [0.25, 0.3) is 0 Å². The van der Waals surface area contributed by atoms with Gasteiger partial charge in [0.1, 0.15) is 5.75 Å². The lowest BCUT2D eigenvalue weighted by molar-refractivity contribution is 0.348. The van der Waals surface area contributed by atoms with Crippen molar-refractivity contribution >= 4 is 27.5 Å². The first-order valence-electron chi connectivity index (χ1n) is 5.77. The normalized spacial score (nSPS) is 14.6. The maximum absolute atomic E-state index is 5.90. The molecule has 0 fully saturated rings. The van der Waals surface area contributed by atoms with Crippen LogP contribution < -0.4 is 10.1 Å². The van der Waals surface area contributed by atoms with Crippen molar-refractivity contribution in [2.75, 3.05) is 12.5 Å². The second-order valence-corrected chi connectivity index (χ2v) is 6.21. The number of hydrogen-bond donors (Lipinski definition) is 1. The second-order valence-electron chi connectivity index (χ2n) is 5.02. The lowest BCUT2D eigenvalue weighted by atomic mass is 10.1. The van der Waals surface area contributed by atoms with Gasteiger partial charge in [-0.15, -0.1) is 11.6 Å². The van der Waals surface area contributed by atoms with Gasteiger partial charge in [-0.2, -0.15) is 0 Å². The summed E-state index contributed by atoms with van der Waals surface area (Å²) < 4.78 is 6.80. The van der Waals surface area contributed by atoms with Crippen molar-refractivity contribution in [2.45, 2.75) is 32.4 Å². The molecule has 0 saturated carbocycles. The van der Waals surface area contributed by atoms with E-state index in [9.17, 15) is 0 Å². The smallest absolute Gasteiger partial charge is 0.127 e. The molecular formula is C13H17BrClNO. The lowest BCUT2D eigenvalue weighted by Gasteiger charge is -2.24. The fourth-order valence-corrected chi connectivity index (χ4v) is 2.51. The zero-order valence-electron chi connectivity index (χ0n) is 10.1. The third kappa shape index (κ3) is 3.15. The Morgan fingerprint density at radius 2 is 2.24 bits per heavy atom. The summed E-state index contributed by atoms with van der Waals surface area (Å²) in [5.41, 5.74) is 2.43. The number of halogens is 2. The summed E-state index contributed by atoms with van der Waals surface area (Å²) in [6.07, 6.45) is 1.00. The molecule has 0 atom stereocenters. The third-order valence-corrected chi connectivity index (χ3v) is 4.04. The van der Waals surface area contributed by atoms with Crippen molar-refractivity contribution < 1.29 is 4.74 Å². The van der Waals surface area contributed by atoms with Crippen LogP contribution in [0.5, 0.6) is 5.75 Å². The summed E-state index contributed by atoms with van der Waals surface area (Å²) in [5.74, 6) is 1.63. The fourth-order valence-electron chi connectivity index (χ4n) is 1.86. The van der Waals surface area contributed by atoms with E-state index in [2.05, 4.69) is 47.2 Å². The molecule has 94 valence electrons. The first kappa shape index (κ1) is 13.2. The van der Waals surface area contributed by atoms with E-state index in [0.29, 0.717) is 5.88 Å². The summed E-state index contributed by atoms with van der Waals surface area (Å²) in [6.45, 7) is 5.76. The first-order valence-corrected chi connectivity index (χ1v) is 7.10. The zero-order valence-corrected chi connectivity index (χ0v) is 12.5. The molecule has 1 aliphatic heterocycles. The predicted molar refractivity (Wildman–Crippen MR) is 75.0 cm³/mol. The minimum Gasteiger partial charge on any atom is -0.493 e. The molecule has 1 N–H and O–H groups in total. The highest BCUT2D eigenvalue weighted by Crippen LogP contribution is 2.33. The lowest BCUT2D eigenvalue weighted by Crippen LogP contribution is -2.40. The number of benzene rings is 1. The maximum atomic E-state index is 5.90. The monoisotopic (exact) mass is 317 g/mol. The topological polar surface area (TPSA) is 21.3 Å². The molecule has 4 heteroatoms. The van der Waals surface area contributed by atoms with Crippen LogP contribution in [-0.2, 0) is 13.0 Å². The van der Waals surface area contributed by atoms with E-state index in [1.54, 1.807) is 0 Å². The Labute approximate surface area is 116 Å². The number of ether oxygens (including phenoxy) is 1. The van der Waals surface area contributed by atoms with Crippen LogP contribution in [0.4, 0.5) is 0 Å². The van der Waals surface area contributed by atoms with Crippen molar-refractivity contribution in [1.82, 2.24) is 5.32 Å². The van der Waals surface area contributed by atoms with Crippen LogP contribution in [0.1, 0.15) is 25.0 Å². The molecule has 1 aliphatic rings. The van der Waals surface area contributed by atoms with Gasteiger partial charge in [0.2, 0.25) is 0 Å². The molecule has 1 aromatic carbocycles. The van der Waals surface area contributed by atoms with Gasteiger partial charge in [0.05, 0.1) is 6.61 Å². The summed E-state index contributed by atoms with van der Waals surface area (Å²) in [5, 5.41) is 3.45. The van der Waals surface area contributed by atoms with Gasteiger partial charge in [-0.1, -0.05) is 15.9 Å². The zero-order chi connectivity index (χ0) is 12.5. The first-order chi connectivity index (χ1) is 8.02. The average Bonchev–Trinajstić information content (AvgIpc) is 2.73. The SMILES string of the molecule is CC(C)(CCl)NCc1cc(Br)cc2c1OCC2. The number of hydrogen-bond acceptors (Lipinski definition) is 2. The number of nitrogens with one attached hydrogen (secondary N) is 1. The van der Waals surface area contributed by atoms with Crippen LogP contribution in [0, 0.1) is 0 Å². The Kier molecular flexibility index (Phi) is 4.01. The number of fused-ring (bicyclic) bond motifs is 1. The number of rotatable bonds is 4. The Hall–Kier alpha value is -0.250. The van der Waals surface area contributed by atoms with Crippen molar-refractivity contribution in [3.05, 3.63) is 27.7 Å². The summed E-state index contributed by atoms with van der Waals surface area (Å²) in [4.78, 5) is 0. The van der Waals surface area contributed by atoms with Gasteiger partial charge in [-0.3, -0.25) is 0 Å². The minimum absolute atomic E-state index is 0.0602. The largest absolute Gasteiger partial charge is 0.493 e. The molecule has 1 heterocycles. The molecule has 2 nitrogen and oxygen atoms in total. The number of alkyl halides is 1. The molecule has 17 heavy (non-hydrogen) atoms. The van der Waals surface area contributed by atoms with Crippen LogP contribution in [0.25, 0.3) is 0 Å². The van der Waals surface area contributed by atoms with Crippen molar-refractivity contribution in [3.63, 3.8) is 0 Å². The van der Waals surface area contributed by atoms with Crippen LogP contribution in [0.15, 0.2) is 16.6 Å². The van der Waals surface area contributed by atoms with E-state index in [-0.39, 0.29) is 5.54 Å². The molecule has 1 aromatic rings. The Morgan fingerprint density at radius 3 is 2.94 bits per heavy atom.